The van der Waals surface area contributed by atoms with Crippen molar-refractivity contribution in [2.45, 2.75) is 0 Å². The third kappa shape index (κ3) is 4.86. The molecule has 4 heteroatoms. The van der Waals surface area contributed by atoms with Gasteiger partial charge in [0.05, 0.1) is 0 Å². The molecular formula is C13H18ClFN2. The number of nitrogens with zero attached hydrogens (tertiary/aromatic N) is 1. The number of nitrogens with one attached hydrogen (secondary N) is 1. The lowest BCUT2D eigenvalue weighted by Crippen LogP contribution is -2.43. The van der Waals surface area contributed by atoms with E-state index in [1.54, 1.807) is 12.1 Å². The highest BCUT2D eigenvalue weighted by Gasteiger charge is 2.06. The Balaban J connectivity index is 0.00000144. The number of halogens is 2. The predicted octanol–water partition coefficient (Wildman–Crippen LogP) is 2.17. The molecule has 17 heavy (non-hydrogen) atoms. The number of benzene rings is 1. The summed E-state index contributed by atoms with van der Waals surface area (Å²) in [7, 11) is 0. The van der Waals surface area contributed by atoms with E-state index in [0.717, 1.165) is 38.3 Å². The number of piperazine rings is 1. The Bertz CT molecular complexity index is 345. The van der Waals surface area contributed by atoms with Gasteiger partial charge < -0.3 is 5.32 Å². The van der Waals surface area contributed by atoms with Crippen LogP contribution in [0.3, 0.4) is 0 Å². The zero-order chi connectivity index (χ0) is 11.2. The molecule has 0 radical (unpaired) electrons. The second-order valence-electron chi connectivity index (χ2n) is 4.00. The van der Waals surface area contributed by atoms with Gasteiger partial charge in [0.1, 0.15) is 5.82 Å². The van der Waals surface area contributed by atoms with Gasteiger partial charge in [-0.2, -0.15) is 0 Å². The van der Waals surface area contributed by atoms with E-state index in [9.17, 15) is 4.39 Å². The van der Waals surface area contributed by atoms with E-state index >= 15 is 0 Å². The van der Waals surface area contributed by atoms with Crippen LogP contribution in [-0.4, -0.2) is 37.6 Å². The minimum absolute atomic E-state index is 0. The van der Waals surface area contributed by atoms with Gasteiger partial charge in [0.25, 0.3) is 0 Å². The Morgan fingerprint density at radius 2 is 1.82 bits per heavy atom. The summed E-state index contributed by atoms with van der Waals surface area (Å²) >= 11 is 0. The van der Waals surface area contributed by atoms with Crippen LogP contribution in [0.4, 0.5) is 4.39 Å². The summed E-state index contributed by atoms with van der Waals surface area (Å²) in [6.45, 7) is 5.33. The first-order chi connectivity index (χ1) is 7.84. The van der Waals surface area contributed by atoms with Gasteiger partial charge in [0, 0.05) is 32.7 Å². The second-order valence-corrected chi connectivity index (χ2v) is 4.00. The third-order valence-corrected chi connectivity index (χ3v) is 2.75. The Morgan fingerprint density at radius 3 is 2.47 bits per heavy atom. The molecule has 94 valence electrons. The summed E-state index contributed by atoms with van der Waals surface area (Å²) in [4.78, 5) is 2.40. The lowest BCUT2D eigenvalue weighted by Gasteiger charge is -2.25. The molecule has 1 aliphatic heterocycles. The maximum atomic E-state index is 12.7. The summed E-state index contributed by atoms with van der Waals surface area (Å²) < 4.78 is 12.7. The molecule has 0 amide bonds. The molecule has 1 aliphatic rings. The van der Waals surface area contributed by atoms with Crippen LogP contribution in [-0.2, 0) is 0 Å². The van der Waals surface area contributed by atoms with Crippen LogP contribution in [0.1, 0.15) is 5.56 Å². The fourth-order valence-electron chi connectivity index (χ4n) is 1.81. The largest absolute Gasteiger partial charge is 0.314 e. The average Bonchev–Trinajstić information content (AvgIpc) is 2.33. The molecule has 0 aliphatic carbocycles. The monoisotopic (exact) mass is 256 g/mol. The van der Waals surface area contributed by atoms with Crippen LogP contribution in [0.5, 0.6) is 0 Å². The van der Waals surface area contributed by atoms with Crippen molar-refractivity contribution in [3.8, 4) is 0 Å². The van der Waals surface area contributed by atoms with Gasteiger partial charge in [-0.05, 0) is 17.7 Å². The zero-order valence-corrected chi connectivity index (χ0v) is 10.5. The first-order valence-electron chi connectivity index (χ1n) is 5.70. The highest BCUT2D eigenvalue weighted by Crippen LogP contribution is 2.04. The molecule has 1 saturated heterocycles. The summed E-state index contributed by atoms with van der Waals surface area (Å²) in [6, 6.07) is 6.57. The van der Waals surface area contributed by atoms with Crippen molar-refractivity contribution >= 4 is 18.5 Å². The van der Waals surface area contributed by atoms with E-state index in [1.165, 1.54) is 12.1 Å². The fraction of sp³-hybridized carbons (Fsp3) is 0.385. The second kappa shape index (κ2) is 7.43. The quantitative estimate of drug-likeness (QED) is 0.892. The number of hydrogen-bond donors (Lipinski definition) is 1. The minimum atomic E-state index is -0.181. The smallest absolute Gasteiger partial charge is 0.123 e. The van der Waals surface area contributed by atoms with Crippen molar-refractivity contribution in [3.63, 3.8) is 0 Å². The Morgan fingerprint density at radius 1 is 1.18 bits per heavy atom. The number of rotatable bonds is 3. The summed E-state index contributed by atoms with van der Waals surface area (Å²) in [6.07, 6.45) is 4.18. The molecule has 2 rings (SSSR count). The van der Waals surface area contributed by atoms with Crippen molar-refractivity contribution in [1.82, 2.24) is 10.2 Å². The van der Waals surface area contributed by atoms with Crippen LogP contribution in [0, 0.1) is 5.82 Å². The molecular weight excluding hydrogens is 239 g/mol. The Kier molecular flexibility index (Phi) is 6.19. The average molecular weight is 257 g/mol. The maximum absolute atomic E-state index is 12.7. The third-order valence-electron chi connectivity index (χ3n) is 2.75. The van der Waals surface area contributed by atoms with Crippen LogP contribution in [0.25, 0.3) is 6.08 Å². The van der Waals surface area contributed by atoms with Gasteiger partial charge in [-0.25, -0.2) is 4.39 Å². The molecule has 1 aromatic carbocycles. The molecule has 0 bridgehead atoms. The fourth-order valence-corrected chi connectivity index (χ4v) is 1.81. The predicted molar refractivity (Wildman–Crippen MR) is 72.0 cm³/mol. The lowest BCUT2D eigenvalue weighted by atomic mass is 10.2. The standard InChI is InChI=1S/C13H17FN2.ClH/c14-13-5-3-12(4-6-13)2-1-9-16-10-7-15-8-11-16;/h1-6,15H,7-11H2;1H/b2-1+;. The molecule has 0 aromatic heterocycles. The van der Waals surface area contributed by atoms with Gasteiger partial charge in [0.15, 0.2) is 0 Å². The minimum Gasteiger partial charge on any atom is -0.314 e. The van der Waals surface area contributed by atoms with Crippen LogP contribution >= 0.6 is 12.4 Å². The van der Waals surface area contributed by atoms with Gasteiger partial charge in [-0.1, -0.05) is 24.3 Å². The Labute approximate surface area is 108 Å². The molecule has 1 N–H and O–H groups in total. The van der Waals surface area contributed by atoms with Crippen LogP contribution in [0.2, 0.25) is 0 Å². The van der Waals surface area contributed by atoms with Gasteiger partial charge >= 0.3 is 0 Å². The molecule has 0 spiro atoms. The SMILES string of the molecule is Cl.Fc1ccc(/C=C/CN2CCNCC2)cc1. The first kappa shape index (κ1) is 14.2. The number of hydrogen-bond acceptors (Lipinski definition) is 2. The lowest BCUT2D eigenvalue weighted by molar-refractivity contribution is 0.265. The first-order valence-corrected chi connectivity index (χ1v) is 5.70. The zero-order valence-electron chi connectivity index (χ0n) is 9.73. The van der Waals surface area contributed by atoms with E-state index in [-0.39, 0.29) is 18.2 Å². The van der Waals surface area contributed by atoms with Crippen molar-refractivity contribution < 1.29 is 4.39 Å². The van der Waals surface area contributed by atoms with E-state index in [1.807, 2.05) is 6.08 Å². The normalized spacial score (nSPS) is 17.0. The summed E-state index contributed by atoms with van der Waals surface area (Å²) in [5.41, 5.74) is 1.05. The molecule has 0 unspecified atom stereocenters. The highest BCUT2D eigenvalue weighted by atomic mass is 35.5. The maximum Gasteiger partial charge on any atom is 0.123 e. The Hall–Kier alpha value is -0.900. The van der Waals surface area contributed by atoms with Crippen molar-refractivity contribution in [2.75, 3.05) is 32.7 Å². The van der Waals surface area contributed by atoms with Crippen molar-refractivity contribution in [3.05, 3.63) is 41.7 Å². The molecule has 2 nitrogen and oxygen atoms in total. The van der Waals surface area contributed by atoms with Gasteiger partial charge in [0.2, 0.25) is 0 Å². The van der Waals surface area contributed by atoms with Crippen LogP contribution < -0.4 is 5.32 Å². The summed E-state index contributed by atoms with van der Waals surface area (Å²) in [5, 5.41) is 3.32. The van der Waals surface area contributed by atoms with Crippen LogP contribution in [0.15, 0.2) is 30.3 Å². The topological polar surface area (TPSA) is 15.3 Å². The van der Waals surface area contributed by atoms with E-state index in [4.69, 9.17) is 0 Å². The van der Waals surface area contributed by atoms with E-state index < -0.39 is 0 Å². The summed E-state index contributed by atoms with van der Waals surface area (Å²) in [5.74, 6) is -0.181. The van der Waals surface area contributed by atoms with Gasteiger partial charge in [-0.3, -0.25) is 4.90 Å². The highest BCUT2D eigenvalue weighted by molar-refractivity contribution is 5.85. The van der Waals surface area contributed by atoms with Crippen molar-refractivity contribution in [1.29, 1.82) is 0 Å². The van der Waals surface area contributed by atoms with Crippen molar-refractivity contribution in [2.24, 2.45) is 0 Å². The molecule has 0 atom stereocenters. The molecule has 1 aromatic rings. The van der Waals surface area contributed by atoms with E-state index in [2.05, 4.69) is 16.3 Å². The molecule has 1 fully saturated rings. The van der Waals surface area contributed by atoms with Gasteiger partial charge in [-0.15, -0.1) is 12.4 Å². The molecule has 1 heterocycles. The molecule has 0 saturated carbocycles. The van der Waals surface area contributed by atoms with E-state index in [0.29, 0.717) is 0 Å².